The van der Waals surface area contributed by atoms with E-state index < -0.39 is 64.4 Å². The third-order valence-corrected chi connectivity index (χ3v) is 11.5. The van der Waals surface area contributed by atoms with Gasteiger partial charge in [-0.2, -0.15) is 0 Å². The Morgan fingerprint density at radius 3 is 2.43 bits per heavy atom. The lowest BCUT2D eigenvalue weighted by molar-refractivity contribution is -0.187. The van der Waals surface area contributed by atoms with Crippen LogP contribution in [0.3, 0.4) is 0 Å². The number of esters is 2. The predicted molar refractivity (Wildman–Crippen MR) is 178 cm³/mol. The topological polar surface area (TPSA) is 112 Å². The van der Waals surface area contributed by atoms with Crippen molar-refractivity contribution in [1.29, 1.82) is 0 Å². The summed E-state index contributed by atoms with van der Waals surface area (Å²) in [5.74, 6) is 2.35. The van der Waals surface area contributed by atoms with E-state index in [0.29, 0.717) is 25.8 Å². The van der Waals surface area contributed by atoms with Crippen LogP contribution in [0.1, 0.15) is 72.6 Å². The van der Waals surface area contributed by atoms with Crippen molar-refractivity contribution in [3.8, 4) is 22.4 Å². The van der Waals surface area contributed by atoms with Crippen LogP contribution in [0.15, 0.2) is 36.5 Å². The molecular weight excluding hydrogens is 616 g/mol. The monoisotopic (exact) mass is 662 g/mol. The smallest absolute Gasteiger partial charge is 0.324 e. The summed E-state index contributed by atoms with van der Waals surface area (Å²) in [6, 6.07) is 9.08. The van der Waals surface area contributed by atoms with Crippen LogP contribution in [-0.4, -0.2) is 76.9 Å². The summed E-state index contributed by atoms with van der Waals surface area (Å²) in [4.78, 5) is 63.1. The Morgan fingerprint density at radius 2 is 1.74 bits per heavy atom. The Balaban J connectivity index is 1.44. The van der Waals surface area contributed by atoms with Crippen molar-refractivity contribution in [3.05, 3.63) is 41.4 Å². The van der Waals surface area contributed by atoms with Gasteiger partial charge in [-0.05, 0) is 71.3 Å². The number of rotatable bonds is 4. The van der Waals surface area contributed by atoms with Gasteiger partial charge in [0.15, 0.2) is 5.60 Å². The van der Waals surface area contributed by atoms with Crippen LogP contribution < -0.4 is 0 Å². The molecule has 10 heteroatoms. The number of carbonyl (C=O) groups is 4. The molecule has 5 rings (SSSR count). The normalized spacial score (nSPS) is 36.6. The molecule has 0 radical (unpaired) electrons. The maximum Gasteiger partial charge on any atom is 0.324 e. The number of hydrogen-bond donors (Lipinski definition) is 0. The van der Waals surface area contributed by atoms with Crippen molar-refractivity contribution in [2.24, 2.45) is 29.1 Å². The number of aromatic nitrogens is 1. The molecule has 2 aromatic rings. The zero-order chi connectivity index (χ0) is 34.3. The molecule has 0 N–H and O–H groups in total. The molecule has 9 nitrogen and oxygen atoms in total. The van der Waals surface area contributed by atoms with Crippen molar-refractivity contribution >= 4 is 34.8 Å². The van der Waals surface area contributed by atoms with Gasteiger partial charge >= 0.3 is 11.9 Å². The van der Waals surface area contributed by atoms with Crippen molar-refractivity contribution in [3.63, 3.8) is 0 Å². The predicted octanol–water partition coefficient (Wildman–Crippen LogP) is 5.35. The van der Waals surface area contributed by atoms with Crippen LogP contribution in [0, 0.1) is 40.9 Å². The first-order valence-corrected chi connectivity index (χ1v) is 17.3. The Kier molecular flexibility index (Phi) is 9.85. The third kappa shape index (κ3) is 6.55. The fraction of sp³-hybridized carbons (Fsp3) is 0.595. The highest BCUT2D eigenvalue weighted by Crippen LogP contribution is 2.55. The highest BCUT2D eigenvalue weighted by Gasteiger charge is 2.70. The van der Waals surface area contributed by atoms with E-state index in [9.17, 15) is 19.2 Å². The molecule has 0 aliphatic carbocycles. The lowest BCUT2D eigenvalue weighted by atomic mass is 9.62. The fourth-order valence-corrected chi connectivity index (χ4v) is 9.30. The first-order valence-electron chi connectivity index (χ1n) is 16.5. The highest BCUT2D eigenvalue weighted by atomic mass is 32.1. The summed E-state index contributed by atoms with van der Waals surface area (Å²) in [6.45, 7) is 13.2. The number of nitrogens with zero attached hydrogens (tertiary/aromatic N) is 2. The van der Waals surface area contributed by atoms with Gasteiger partial charge in [-0.15, -0.1) is 11.3 Å². The molecule has 3 fully saturated rings. The number of cyclic esters (lactones) is 1. The number of likely N-dealkylation sites (tertiary alicyclic amines) is 1. The van der Waals surface area contributed by atoms with Crippen molar-refractivity contribution in [2.75, 3.05) is 20.2 Å². The minimum absolute atomic E-state index is 0.00601. The fourth-order valence-electron chi connectivity index (χ4n) is 8.45. The van der Waals surface area contributed by atoms with Gasteiger partial charge in [-0.25, -0.2) is 0 Å². The lowest BCUT2D eigenvalue weighted by Gasteiger charge is -2.43. The maximum atomic E-state index is 14.6. The van der Waals surface area contributed by atoms with E-state index in [2.05, 4.69) is 16.8 Å². The standard InChI is InChI=1S/C37H46N2O7S/c1-9-28-37(7)31-29(34(43)46-37)39(8)21-36(31,6)32(41)23(3)20-35(5,19-22(2)30(40)24(4)33(42)45-28)44-18-12-13-25-15-16-27(47-25)26-14-10-11-17-38-26/h10-11,14-17,22-24,28-29,31H,9,18-21H2,1-8H3/t22-,23-,24-,28+,29-,31?,35+,36-,37-/m1/s1. The van der Waals surface area contributed by atoms with Crippen LogP contribution in [-0.2, 0) is 33.4 Å². The van der Waals surface area contributed by atoms with Crippen LogP contribution in [0.2, 0.25) is 0 Å². The molecule has 3 aliphatic heterocycles. The minimum atomic E-state index is -1.24. The van der Waals surface area contributed by atoms with Gasteiger partial charge in [0.05, 0.1) is 21.0 Å². The van der Waals surface area contributed by atoms with Gasteiger partial charge in [0.25, 0.3) is 0 Å². The molecule has 0 spiro atoms. The second kappa shape index (κ2) is 13.3. The largest absolute Gasteiger partial charge is 0.458 e. The van der Waals surface area contributed by atoms with Crippen LogP contribution in [0.4, 0.5) is 0 Å². The first kappa shape index (κ1) is 34.9. The quantitative estimate of drug-likeness (QED) is 0.243. The molecule has 2 aromatic heterocycles. The van der Waals surface area contributed by atoms with Gasteiger partial charge in [0.1, 0.15) is 36.2 Å². The highest BCUT2D eigenvalue weighted by molar-refractivity contribution is 7.16. The van der Waals surface area contributed by atoms with E-state index in [4.69, 9.17) is 14.2 Å². The molecule has 3 aliphatic rings. The SMILES string of the molecule is CC[C@@H]1OC(=O)[C@H](C)C(=O)[C@H](C)C[C@](C)(OCC#Cc2ccc(-c3ccccn3)s2)C[C@@H](C)C(=O)[C@]2(C)CN(C)[C@H]3C(=O)O[C@@]1(C)C32. The van der Waals surface area contributed by atoms with Crippen molar-refractivity contribution in [1.82, 2.24) is 9.88 Å². The minimum Gasteiger partial charge on any atom is -0.458 e. The average molecular weight is 663 g/mol. The molecule has 47 heavy (non-hydrogen) atoms. The Bertz CT molecular complexity index is 1600. The van der Waals surface area contributed by atoms with Gasteiger partial charge in [-0.1, -0.05) is 45.6 Å². The zero-order valence-corrected chi connectivity index (χ0v) is 29.4. The lowest BCUT2D eigenvalue weighted by Crippen LogP contribution is -2.56. The van der Waals surface area contributed by atoms with Gasteiger partial charge < -0.3 is 14.2 Å². The second-order valence-electron chi connectivity index (χ2n) is 14.3. The van der Waals surface area contributed by atoms with E-state index >= 15 is 0 Å². The van der Waals surface area contributed by atoms with E-state index in [-0.39, 0.29) is 18.2 Å². The maximum absolute atomic E-state index is 14.6. The third-order valence-electron chi connectivity index (χ3n) is 10.5. The van der Waals surface area contributed by atoms with E-state index in [1.807, 2.05) is 70.0 Å². The number of Topliss-reactive ketones (excluding diaryl/α,β-unsaturated/α-hetero) is 2. The summed E-state index contributed by atoms with van der Waals surface area (Å²) < 4.78 is 18.5. The molecule has 5 heterocycles. The molecule has 0 saturated carbocycles. The summed E-state index contributed by atoms with van der Waals surface area (Å²) in [5.41, 5.74) is -2.22. The summed E-state index contributed by atoms with van der Waals surface area (Å²) in [6.07, 6.45) is 1.94. The van der Waals surface area contributed by atoms with E-state index in [1.165, 1.54) is 0 Å². The Labute approximate surface area is 281 Å². The molecule has 0 amide bonds. The number of carbonyl (C=O) groups excluding carboxylic acids is 4. The van der Waals surface area contributed by atoms with E-state index in [1.54, 1.807) is 38.3 Å². The Hall–Kier alpha value is -3.39. The molecular formula is C37H46N2O7S. The first-order chi connectivity index (χ1) is 22.1. The van der Waals surface area contributed by atoms with Gasteiger partial charge in [0.2, 0.25) is 0 Å². The molecule has 252 valence electrons. The van der Waals surface area contributed by atoms with Crippen LogP contribution in [0.25, 0.3) is 10.6 Å². The van der Waals surface area contributed by atoms with Crippen LogP contribution in [0.5, 0.6) is 0 Å². The molecule has 0 bridgehead atoms. The van der Waals surface area contributed by atoms with E-state index in [0.717, 1.165) is 15.4 Å². The summed E-state index contributed by atoms with van der Waals surface area (Å²) >= 11 is 1.54. The number of thiophene rings is 1. The molecule has 0 aromatic carbocycles. The number of pyridine rings is 1. The summed E-state index contributed by atoms with van der Waals surface area (Å²) in [7, 11) is 1.83. The van der Waals surface area contributed by atoms with Gasteiger partial charge in [0, 0.05) is 35.9 Å². The second-order valence-corrected chi connectivity index (χ2v) is 15.4. The average Bonchev–Trinajstić information content (AvgIpc) is 3.70. The number of ether oxygens (including phenoxy) is 3. The van der Waals surface area contributed by atoms with Crippen molar-refractivity contribution < 1.29 is 33.4 Å². The van der Waals surface area contributed by atoms with Gasteiger partial charge in [-0.3, -0.25) is 29.1 Å². The molecule has 1 unspecified atom stereocenters. The number of likely N-dealkylation sites (N-methyl/N-ethyl adjacent to an activating group) is 1. The number of ketones is 2. The van der Waals surface area contributed by atoms with Crippen molar-refractivity contribution in [2.45, 2.75) is 91.1 Å². The zero-order valence-electron chi connectivity index (χ0n) is 28.6. The number of hydrogen-bond acceptors (Lipinski definition) is 10. The summed E-state index contributed by atoms with van der Waals surface area (Å²) in [5, 5.41) is 0. The van der Waals surface area contributed by atoms with Crippen LogP contribution >= 0.6 is 11.3 Å². The molecule has 9 atom stereocenters. The Morgan fingerprint density at radius 1 is 1.02 bits per heavy atom. The molecule has 3 saturated heterocycles.